The Hall–Kier alpha value is -0.640. The molecule has 1 heterocycles. The van der Waals surface area contributed by atoms with Crippen LogP contribution >= 0.6 is 15.9 Å². The zero-order valence-electron chi connectivity index (χ0n) is 13.0. The Balaban J connectivity index is 2.05. The van der Waals surface area contributed by atoms with E-state index in [2.05, 4.69) is 41.8 Å². The maximum atomic E-state index is 12.5. The molecule has 1 aliphatic rings. The van der Waals surface area contributed by atoms with E-state index in [1.165, 1.54) is 0 Å². The van der Waals surface area contributed by atoms with E-state index in [-0.39, 0.29) is 5.92 Å². The predicted molar refractivity (Wildman–Crippen MR) is 84.8 cm³/mol. The molecule has 0 spiro atoms. The molecule has 4 heteroatoms. The van der Waals surface area contributed by atoms with Gasteiger partial charge in [0.25, 0.3) is 0 Å². The first-order valence-corrected chi connectivity index (χ1v) is 8.38. The minimum absolute atomic E-state index is 0.246. The first-order chi connectivity index (χ1) is 9.34. The Kier molecular flexibility index (Phi) is 4.73. The van der Waals surface area contributed by atoms with Crippen LogP contribution in [0.15, 0.2) is 4.47 Å². The predicted octanol–water partition coefficient (Wildman–Crippen LogP) is 4.30. The van der Waals surface area contributed by atoms with Gasteiger partial charge in [0, 0.05) is 18.9 Å². The highest BCUT2D eigenvalue weighted by molar-refractivity contribution is 9.10. The molecular weight excluding hydrogens is 316 g/mol. The molecule has 0 aliphatic heterocycles. The van der Waals surface area contributed by atoms with Crippen molar-refractivity contribution in [3.8, 4) is 0 Å². The van der Waals surface area contributed by atoms with E-state index in [0.717, 1.165) is 48.1 Å². The summed E-state index contributed by atoms with van der Waals surface area (Å²) in [6.07, 6.45) is 4.93. The van der Waals surface area contributed by atoms with E-state index < -0.39 is 0 Å². The number of hydrogen-bond acceptors (Lipinski definition) is 2. The van der Waals surface area contributed by atoms with Crippen molar-refractivity contribution in [2.75, 3.05) is 0 Å². The van der Waals surface area contributed by atoms with Gasteiger partial charge >= 0.3 is 0 Å². The Labute approximate surface area is 130 Å². The van der Waals surface area contributed by atoms with Crippen LogP contribution < -0.4 is 0 Å². The van der Waals surface area contributed by atoms with Gasteiger partial charge in [-0.25, -0.2) is 0 Å². The Morgan fingerprint density at radius 2 is 2.00 bits per heavy atom. The molecule has 0 bridgehead atoms. The Morgan fingerprint density at radius 1 is 1.40 bits per heavy atom. The maximum Gasteiger partial charge on any atom is 0.141 e. The van der Waals surface area contributed by atoms with Crippen molar-refractivity contribution in [1.82, 2.24) is 9.78 Å². The number of aryl methyl sites for hydroxylation is 2. The van der Waals surface area contributed by atoms with Gasteiger partial charge in [-0.1, -0.05) is 13.8 Å². The SMILES string of the molecule is CCn1nc(C)c(Br)c1CC(=O)C1CCC(C)(C)CC1. The van der Waals surface area contributed by atoms with Crippen LogP contribution in [0.4, 0.5) is 0 Å². The fourth-order valence-electron chi connectivity index (χ4n) is 3.07. The van der Waals surface area contributed by atoms with Crippen LogP contribution in [-0.4, -0.2) is 15.6 Å². The number of carbonyl (C=O) groups excluding carboxylic acids is 1. The molecule has 0 atom stereocenters. The summed E-state index contributed by atoms with van der Waals surface area (Å²) >= 11 is 3.58. The standard InChI is InChI=1S/C16H25BrN2O/c1-5-19-13(15(17)11(2)18-19)10-14(20)12-6-8-16(3,4)9-7-12/h12H,5-10H2,1-4H3. The number of ketones is 1. The number of Topliss-reactive ketones (excluding diaryl/α,β-unsaturated/α-hetero) is 1. The molecule has 0 N–H and O–H groups in total. The Morgan fingerprint density at radius 3 is 2.55 bits per heavy atom. The molecule has 3 nitrogen and oxygen atoms in total. The van der Waals surface area contributed by atoms with E-state index in [1.54, 1.807) is 0 Å². The lowest BCUT2D eigenvalue weighted by Crippen LogP contribution is -2.27. The largest absolute Gasteiger partial charge is 0.299 e. The summed E-state index contributed by atoms with van der Waals surface area (Å²) in [6, 6.07) is 0. The van der Waals surface area contributed by atoms with Crippen LogP contribution in [0.25, 0.3) is 0 Å². The third kappa shape index (κ3) is 3.33. The number of halogens is 1. The highest BCUT2D eigenvalue weighted by Crippen LogP contribution is 2.38. The van der Waals surface area contributed by atoms with E-state index >= 15 is 0 Å². The highest BCUT2D eigenvalue weighted by atomic mass is 79.9. The molecule has 0 saturated heterocycles. The molecule has 1 aliphatic carbocycles. The third-order valence-corrected chi connectivity index (χ3v) is 5.62. The second-order valence-corrected chi connectivity index (χ2v) is 7.54. The smallest absolute Gasteiger partial charge is 0.141 e. The summed E-state index contributed by atoms with van der Waals surface area (Å²) in [6.45, 7) is 9.47. The summed E-state index contributed by atoms with van der Waals surface area (Å²) in [5.41, 5.74) is 2.43. The van der Waals surface area contributed by atoms with Crippen molar-refractivity contribution in [3.63, 3.8) is 0 Å². The molecule has 0 unspecified atom stereocenters. The van der Waals surface area contributed by atoms with E-state index in [9.17, 15) is 4.79 Å². The maximum absolute atomic E-state index is 12.5. The summed E-state index contributed by atoms with van der Waals surface area (Å²) in [5, 5.41) is 4.47. The monoisotopic (exact) mass is 340 g/mol. The zero-order valence-corrected chi connectivity index (χ0v) is 14.6. The van der Waals surface area contributed by atoms with Gasteiger partial charge in [-0.05, 0) is 60.9 Å². The topological polar surface area (TPSA) is 34.9 Å². The van der Waals surface area contributed by atoms with Crippen LogP contribution in [0.1, 0.15) is 57.8 Å². The average Bonchev–Trinajstić information content (AvgIpc) is 2.66. The molecule has 20 heavy (non-hydrogen) atoms. The number of aromatic nitrogens is 2. The minimum atomic E-state index is 0.246. The second-order valence-electron chi connectivity index (χ2n) is 6.74. The molecule has 1 aromatic heterocycles. The number of nitrogens with zero attached hydrogens (tertiary/aromatic N) is 2. The minimum Gasteiger partial charge on any atom is -0.299 e. The number of hydrogen-bond donors (Lipinski definition) is 0. The number of rotatable bonds is 4. The summed E-state index contributed by atoms with van der Waals surface area (Å²) in [4.78, 5) is 12.5. The summed E-state index contributed by atoms with van der Waals surface area (Å²) in [5.74, 6) is 0.631. The number of carbonyl (C=O) groups is 1. The van der Waals surface area contributed by atoms with Crippen LogP contribution in [0.2, 0.25) is 0 Å². The van der Waals surface area contributed by atoms with Crippen LogP contribution in [-0.2, 0) is 17.8 Å². The third-order valence-electron chi connectivity index (χ3n) is 4.59. The molecule has 0 radical (unpaired) electrons. The summed E-state index contributed by atoms with van der Waals surface area (Å²) in [7, 11) is 0. The van der Waals surface area contributed by atoms with Crippen LogP contribution in [0, 0.1) is 18.3 Å². The van der Waals surface area contributed by atoms with Gasteiger partial charge in [0.15, 0.2) is 0 Å². The molecule has 1 saturated carbocycles. The van der Waals surface area contributed by atoms with E-state index in [1.807, 2.05) is 11.6 Å². The molecule has 112 valence electrons. The molecule has 1 fully saturated rings. The van der Waals surface area contributed by atoms with Crippen molar-refractivity contribution in [2.24, 2.45) is 11.3 Å². The lowest BCUT2D eigenvalue weighted by atomic mass is 9.71. The highest BCUT2D eigenvalue weighted by Gasteiger charge is 2.31. The van der Waals surface area contributed by atoms with Gasteiger partial charge in [-0.2, -0.15) is 5.10 Å². The average molecular weight is 341 g/mol. The van der Waals surface area contributed by atoms with Gasteiger partial charge < -0.3 is 0 Å². The van der Waals surface area contributed by atoms with Crippen LogP contribution in [0.5, 0.6) is 0 Å². The van der Waals surface area contributed by atoms with Gasteiger partial charge in [-0.15, -0.1) is 0 Å². The first-order valence-electron chi connectivity index (χ1n) is 7.58. The first kappa shape index (κ1) is 15.7. The van der Waals surface area contributed by atoms with E-state index in [0.29, 0.717) is 17.6 Å². The van der Waals surface area contributed by atoms with E-state index in [4.69, 9.17) is 0 Å². The Bertz CT molecular complexity index is 495. The lowest BCUT2D eigenvalue weighted by molar-refractivity contribution is -0.123. The lowest BCUT2D eigenvalue weighted by Gasteiger charge is -2.33. The van der Waals surface area contributed by atoms with Crippen molar-refractivity contribution in [3.05, 3.63) is 15.9 Å². The van der Waals surface area contributed by atoms with Crippen molar-refractivity contribution < 1.29 is 4.79 Å². The molecule has 1 aromatic rings. The molecule has 0 amide bonds. The summed E-state index contributed by atoms with van der Waals surface area (Å²) < 4.78 is 2.95. The second kappa shape index (κ2) is 6.00. The van der Waals surface area contributed by atoms with Gasteiger partial charge in [0.1, 0.15) is 5.78 Å². The molecule has 0 aromatic carbocycles. The zero-order chi connectivity index (χ0) is 14.9. The van der Waals surface area contributed by atoms with Gasteiger partial charge in [0.05, 0.1) is 15.9 Å². The fraction of sp³-hybridized carbons (Fsp3) is 0.750. The molecule has 2 rings (SSSR count). The van der Waals surface area contributed by atoms with Crippen molar-refractivity contribution in [1.29, 1.82) is 0 Å². The van der Waals surface area contributed by atoms with Crippen LogP contribution in [0.3, 0.4) is 0 Å². The van der Waals surface area contributed by atoms with Gasteiger partial charge in [-0.3, -0.25) is 9.48 Å². The fourth-order valence-corrected chi connectivity index (χ4v) is 3.49. The van der Waals surface area contributed by atoms with Crippen molar-refractivity contribution in [2.45, 2.75) is 66.3 Å². The normalized spacial score (nSPS) is 19.2. The van der Waals surface area contributed by atoms with Gasteiger partial charge in [0.2, 0.25) is 0 Å². The molecular formula is C16H25BrN2O. The quantitative estimate of drug-likeness (QED) is 0.818. The van der Waals surface area contributed by atoms with Crippen molar-refractivity contribution >= 4 is 21.7 Å².